The lowest BCUT2D eigenvalue weighted by molar-refractivity contribution is -0.129. The van der Waals surface area contributed by atoms with Crippen LogP contribution in [0.4, 0.5) is 0 Å². The molecule has 0 aliphatic carbocycles. The molecule has 1 aromatic carbocycles. The number of carbonyl (C=O) groups is 2. The number of hydrazone groups is 1. The van der Waals surface area contributed by atoms with Crippen LogP contribution in [0, 0.1) is 0 Å². The molecule has 0 unspecified atom stereocenters. The van der Waals surface area contributed by atoms with Gasteiger partial charge in [-0.05, 0) is 31.5 Å². The van der Waals surface area contributed by atoms with E-state index >= 15 is 0 Å². The number of benzene rings is 1. The molecule has 1 rings (SSSR count). The Hall–Kier alpha value is -1.88. The van der Waals surface area contributed by atoms with Crippen LogP contribution in [0.1, 0.15) is 25.8 Å². The average Bonchev–Trinajstić information content (AvgIpc) is 2.27. The summed E-state index contributed by atoms with van der Waals surface area (Å²) in [6.07, 6.45) is 1.22. The Kier molecular flexibility index (Phi) is 6.02. The van der Waals surface area contributed by atoms with Gasteiger partial charge in [-0.25, -0.2) is 5.43 Å². The van der Waals surface area contributed by atoms with E-state index in [1.54, 1.807) is 24.3 Å². The SMILES string of the molecule is CC(C)NC(=O)CC(=O)N/N=C\c1cccc(Cl)c1. The fourth-order valence-electron chi connectivity index (χ4n) is 1.32. The first-order valence-corrected chi connectivity index (χ1v) is 6.22. The molecule has 0 spiro atoms. The van der Waals surface area contributed by atoms with Crippen LogP contribution >= 0.6 is 11.6 Å². The Bertz CT molecular complexity index is 487. The molecule has 0 atom stereocenters. The molecule has 2 amide bonds. The summed E-state index contributed by atoms with van der Waals surface area (Å²) in [6, 6.07) is 7.04. The monoisotopic (exact) mass is 281 g/mol. The van der Waals surface area contributed by atoms with Crippen molar-refractivity contribution in [3.8, 4) is 0 Å². The van der Waals surface area contributed by atoms with Gasteiger partial charge in [-0.2, -0.15) is 5.10 Å². The quantitative estimate of drug-likeness (QED) is 0.490. The second-order valence-electron chi connectivity index (χ2n) is 4.25. The van der Waals surface area contributed by atoms with Crippen molar-refractivity contribution in [3.63, 3.8) is 0 Å². The van der Waals surface area contributed by atoms with Gasteiger partial charge in [-0.15, -0.1) is 0 Å². The van der Waals surface area contributed by atoms with Crippen LogP contribution in [0.15, 0.2) is 29.4 Å². The zero-order chi connectivity index (χ0) is 14.3. The Labute approximate surface area is 117 Å². The summed E-state index contributed by atoms with van der Waals surface area (Å²) in [5.74, 6) is -0.790. The van der Waals surface area contributed by atoms with Gasteiger partial charge in [0.15, 0.2) is 0 Å². The van der Waals surface area contributed by atoms with Crippen molar-refractivity contribution in [1.82, 2.24) is 10.7 Å². The molecule has 2 N–H and O–H groups in total. The van der Waals surface area contributed by atoms with E-state index in [9.17, 15) is 9.59 Å². The summed E-state index contributed by atoms with van der Waals surface area (Å²) in [6.45, 7) is 3.65. The molecular weight excluding hydrogens is 266 g/mol. The number of hydrogen-bond acceptors (Lipinski definition) is 3. The number of carbonyl (C=O) groups excluding carboxylic acids is 2. The summed E-state index contributed by atoms with van der Waals surface area (Å²) >= 11 is 5.80. The Morgan fingerprint density at radius 2 is 2.11 bits per heavy atom. The Morgan fingerprint density at radius 3 is 2.74 bits per heavy atom. The molecule has 0 bridgehead atoms. The van der Waals surface area contributed by atoms with Gasteiger partial charge < -0.3 is 5.32 Å². The molecule has 1 aromatic rings. The average molecular weight is 282 g/mol. The van der Waals surface area contributed by atoms with Gasteiger partial charge in [-0.3, -0.25) is 9.59 Å². The summed E-state index contributed by atoms with van der Waals surface area (Å²) in [5, 5.41) is 6.96. The lowest BCUT2D eigenvalue weighted by Gasteiger charge is -2.06. The highest BCUT2D eigenvalue weighted by Gasteiger charge is 2.08. The van der Waals surface area contributed by atoms with Crippen LogP contribution < -0.4 is 10.7 Å². The van der Waals surface area contributed by atoms with Gasteiger partial charge >= 0.3 is 0 Å². The van der Waals surface area contributed by atoms with Crippen LogP contribution in [-0.4, -0.2) is 24.1 Å². The predicted molar refractivity (Wildman–Crippen MR) is 75.1 cm³/mol. The lowest BCUT2D eigenvalue weighted by Crippen LogP contribution is -2.34. The van der Waals surface area contributed by atoms with Crippen molar-refractivity contribution in [2.24, 2.45) is 5.10 Å². The molecule has 19 heavy (non-hydrogen) atoms. The topological polar surface area (TPSA) is 70.6 Å². The second-order valence-corrected chi connectivity index (χ2v) is 4.68. The normalized spacial score (nSPS) is 10.7. The second kappa shape index (κ2) is 7.53. The van der Waals surface area contributed by atoms with Crippen molar-refractivity contribution >= 4 is 29.6 Å². The molecule has 0 aromatic heterocycles. The zero-order valence-corrected chi connectivity index (χ0v) is 11.6. The molecule has 0 saturated carbocycles. The number of amides is 2. The van der Waals surface area contributed by atoms with Crippen molar-refractivity contribution in [2.75, 3.05) is 0 Å². The standard InChI is InChI=1S/C13H16ClN3O2/c1-9(2)16-12(18)7-13(19)17-15-8-10-4-3-5-11(14)6-10/h3-6,8-9H,7H2,1-2H3,(H,16,18)(H,17,19)/b15-8-. The van der Waals surface area contributed by atoms with Crippen LogP contribution in [0.5, 0.6) is 0 Å². The minimum absolute atomic E-state index is 0.00950. The van der Waals surface area contributed by atoms with Crippen molar-refractivity contribution in [1.29, 1.82) is 0 Å². The summed E-state index contributed by atoms with van der Waals surface area (Å²) < 4.78 is 0. The van der Waals surface area contributed by atoms with E-state index < -0.39 is 5.91 Å². The van der Waals surface area contributed by atoms with Gasteiger partial charge in [0, 0.05) is 11.1 Å². The molecule has 0 radical (unpaired) electrons. The van der Waals surface area contributed by atoms with Crippen LogP contribution in [0.25, 0.3) is 0 Å². The van der Waals surface area contributed by atoms with E-state index in [0.717, 1.165) is 5.56 Å². The van der Waals surface area contributed by atoms with E-state index in [4.69, 9.17) is 11.6 Å². The van der Waals surface area contributed by atoms with E-state index in [0.29, 0.717) is 5.02 Å². The molecule has 0 heterocycles. The third kappa shape index (κ3) is 6.57. The molecule has 0 aliphatic heterocycles. The van der Waals surface area contributed by atoms with E-state index in [1.807, 2.05) is 13.8 Å². The van der Waals surface area contributed by atoms with E-state index in [2.05, 4.69) is 15.8 Å². The highest BCUT2D eigenvalue weighted by Crippen LogP contribution is 2.08. The van der Waals surface area contributed by atoms with Crippen LogP contribution in [0.2, 0.25) is 5.02 Å². The van der Waals surface area contributed by atoms with Crippen molar-refractivity contribution in [2.45, 2.75) is 26.3 Å². The minimum atomic E-state index is -0.462. The largest absolute Gasteiger partial charge is 0.353 e. The number of halogens is 1. The fourth-order valence-corrected chi connectivity index (χ4v) is 1.52. The van der Waals surface area contributed by atoms with Gasteiger partial charge in [0.2, 0.25) is 11.8 Å². The van der Waals surface area contributed by atoms with Crippen molar-refractivity contribution in [3.05, 3.63) is 34.9 Å². The highest BCUT2D eigenvalue weighted by molar-refractivity contribution is 6.30. The zero-order valence-electron chi connectivity index (χ0n) is 10.8. The summed E-state index contributed by atoms with van der Waals surface area (Å²) in [4.78, 5) is 22.7. The third-order valence-corrected chi connectivity index (χ3v) is 2.26. The molecule has 6 heteroatoms. The highest BCUT2D eigenvalue weighted by atomic mass is 35.5. The van der Waals surface area contributed by atoms with Gasteiger partial charge in [0.1, 0.15) is 6.42 Å². The first kappa shape index (κ1) is 15.2. The molecule has 0 aliphatic rings. The molecule has 5 nitrogen and oxygen atoms in total. The molecule has 0 saturated heterocycles. The van der Waals surface area contributed by atoms with Gasteiger partial charge in [-0.1, -0.05) is 23.7 Å². The van der Waals surface area contributed by atoms with Crippen molar-refractivity contribution < 1.29 is 9.59 Å². The summed E-state index contributed by atoms with van der Waals surface area (Å²) in [5.41, 5.74) is 3.04. The Balaban J connectivity index is 2.40. The van der Waals surface area contributed by atoms with Gasteiger partial charge in [0.05, 0.1) is 6.21 Å². The maximum Gasteiger partial charge on any atom is 0.249 e. The lowest BCUT2D eigenvalue weighted by atomic mass is 10.2. The first-order valence-electron chi connectivity index (χ1n) is 5.84. The third-order valence-electron chi connectivity index (χ3n) is 2.02. The number of nitrogens with zero attached hydrogens (tertiary/aromatic N) is 1. The predicted octanol–water partition coefficient (Wildman–Crippen LogP) is 1.70. The number of nitrogens with one attached hydrogen (secondary N) is 2. The van der Waals surface area contributed by atoms with E-state index in [1.165, 1.54) is 6.21 Å². The number of rotatable bonds is 5. The molecular formula is C13H16ClN3O2. The summed E-state index contributed by atoms with van der Waals surface area (Å²) in [7, 11) is 0. The molecule has 0 fully saturated rings. The minimum Gasteiger partial charge on any atom is -0.353 e. The number of hydrogen-bond donors (Lipinski definition) is 2. The van der Waals surface area contributed by atoms with Gasteiger partial charge in [0.25, 0.3) is 0 Å². The first-order chi connectivity index (χ1) is 8.97. The van der Waals surface area contributed by atoms with E-state index in [-0.39, 0.29) is 18.4 Å². The fraction of sp³-hybridized carbons (Fsp3) is 0.308. The Morgan fingerprint density at radius 1 is 1.37 bits per heavy atom. The smallest absolute Gasteiger partial charge is 0.249 e. The van der Waals surface area contributed by atoms with Crippen LogP contribution in [-0.2, 0) is 9.59 Å². The maximum absolute atomic E-state index is 11.4. The van der Waals surface area contributed by atoms with Crippen LogP contribution in [0.3, 0.4) is 0 Å². The molecule has 102 valence electrons. The maximum atomic E-state index is 11.4.